The van der Waals surface area contributed by atoms with Gasteiger partial charge in [-0.05, 0) is 25.1 Å². The topological polar surface area (TPSA) is 38.3 Å². The van der Waals surface area contributed by atoms with Crippen molar-refractivity contribution in [2.24, 2.45) is 0 Å². The van der Waals surface area contributed by atoms with Crippen LogP contribution in [0.2, 0.25) is 0 Å². The maximum absolute atomic E-state index is 11.3. The van der Waals surface area contributed by atoms with E-state index in [-0.39, 0.29) is 5.97 Å². The molecule has 1 N–H and O–H groups in total. The van der Waals surface area contributed by atoms with Crippen molar-refractivity contribution in [3.8, 4) is 0 Å². The SMILES string of the molecule is COC(=O)c1ccc2c(c1)SCC(C)N2. The van der Waals surface area contributed by atoms with Crippen LogP contribution >= 0.6 is 11.8 Å². The van der Waals surface area contributed by atoms with Crippen LogP contribution in [0.5, 0.6) is 0 Å². The van der Waals surface area contributed by atoms with E-state index < -0.39 is 0 Å². The van der Waals surface area contributed by atoms with Crippen molar-refractivity contribution in [1.29, 1.82) is 0 Å². The van der Waals surface area contributed by atoms with Crippen LogP contribution in [0.25, 0.3) is 0 Å². The van der Waals surface area contributed by atoms with Gasteiger partial charge in [-0.15, -0.1) is 11.8 Å². The highest BCUT2D eigenvalue weighted by Gasteiger charge is 2.16. The number of rotatable bonds is 1. The van der Waals surface area contributed by atoms with Gasteiger partial charge in [-0.1, -0.05) is 0 Å². The lowest BCUT2D eigenvalue weighted by Crippen LogP contribution is -2.22. The van der Waals surface area contributed by atoms with Crippen molar-refractivity contribution in [2.45, 2.75) is 17.9 Å². The van der Waals surface area contributed by atoms with Crippen LogP contribution in [0.15, 0.2) is 23.1 Å². The van der Waals surface area contributed by atoms with Gasteiger partial charge in [0.15, 0.2) is 0 Å². The molecule has 0 saturated heterocycles. The van der Waals surface area contributed by atoms with Crippen LogP contribution in [-0.2, 0) is 4.74 Å². The molecule has 1 aromatic carbocycles. The number of nitrogens with one attached hydrogen (secondary N) is 1. The summed E-state index contributed by atoms with van der Waals surface area (Å²) < 4.78 is 4.68. The summed E-state index contributed by atoms with van der Waals surface area (Å²) in [6, 6.07) is 6.08. The molecule has 4 heteroatoms. The molecule has 1 aromatic rings. The number of anilines is 1. The van der Waals surface area contributed by atoms with Gasteiger partial charge in [-0.2, -0.15) is 0 Å². The van der Waals surface area contributed by atoms with Gasteiger partial charge in [-0.25, -0.2) is 4.79 Å². The number of carbonyl (C=O) groups is 1. The number of esters is 1. The lowest BCUT2D eigenvalue weighted by Gasteiger charge is -2.23. The first-order valence-electron chi connectivity index (χ1n) is 4.82. The molecule has 0 aromatic heterocycles. The van der Waals surface area contributed by atoms with E-state index in [4.69, 9.17) is 0 Å². The van der Waals surface area contributed by atoms with Gasteiger partial charge in [0.1, 0.15) is 0 Å². The summed E-state index contributed by atoms with van der Waals surface area (Å²) >= 11 is 1.77. The van der Waals surface area contributed by atoms with Crippen molar-refractivity contribution in [2.75, 3.05) is 18.2 Å². The fourth-order valence-corrected chi connectivity index (χ4v) is 2.53. The van der Waals surface area contributed by atoms with Gasteiger partial charge < -0.3 is 10.1 Å². The molecule has 0 spiro atoms. The molecule has 0 bridgehead atoms. The largest absolute Gasteiger partial charge is 0.465 e. The van der Waals surface area contributed by atoms with Gasteiger partial charge in [0.2, 0.25) is 0 Å². The third kappa shape index (κ3) is 2.09. The van der Waals surface area contributed by atoms with Gasteiger partial charge in [-0.3, -0.25) is 0 Å². The Morgan fingerprint density at radius 1 is 1.60 bits per heavy atom. The predicted molar refractivity (Wildman–Crippen MR) is 61.6 cm³/mol. The second-order valence-corrected chi connectivity index (χ2v) is 4.62. The Morgan fingerprint density at radius 3 is 3.13 bits per heavy atom. The molecule has 1 aliphatic rings. The molecule has 80 valence electrons. The number of fused-ring (bicyclic) bond motifs is 1. The molecule has 1 heterocycles. The first-order valence-corrected chi connectivity index (χ1v) is 5.81. The van der Waals surface area contributed by atoms with Crippen molar-refractivity contribution < 1.29 is 9.53 Å². The Morgan fingerprint density at radius 2 is 2.40 bits per heavy atom. The molecular formula is C11H13NO2S. The van der Waals surface area contributed by atoms with E-state index in [2.05, 4.69) is 17.0 Å². The molecule has 1 unspecified atom stereocenters. The van der Waals surface area contributed by atoms with Gasteiger partial charge in [0.25, 0.3) is 0 Å². The zero-order valence-corrected chi connectivity index (χ0v) is 9.56. The molecular weight excluding hydrogens is 210 g/mol. The summed E-state index contributed by atoms with van der Waals surface area (Å²) in [4.78, 5) is 12.4. The average Bonchev–Trinajstić information content (AvgIpc) is 2.27. The van der Waals surface area contributed by atoms with Crippen molar-refractivity contribution in [1.82, 2.24) is 0 Å². The van der Waals surface area contributed by atoms with E-state index in [1.54, 1.807) is 17.8 Å². The minimum atomic E-state index is -0.281. The highest BCUT2D eigenvalue weighted by atomic mass is 32.2. The standard InChI is InChI=1S/C11H13NO2S/c1-7-6-15-10-5-8(11(13)14-2)3-4-9(10)12-7/h3-5,7,12H,6H2,1-2H3. The Bertz CT molecular complexity index is 392. The molecule has 0 aliphatic carbocycles. The fraction of sp³-hybridized carbons (Fsp3) is 0.364. The van der Waals surface area contributed by atoms with E-state index in [0.29, 0.717) is 11.6 Å². The van der Waals surface area contributed by atoms with E-state index in [0.717, 1.165) is 16.3 Å². The number of methoxy groups -OCH3 is 1. The lowest BCUT2D eigenvalue weighted by molar-refractivity contribution is 0.0600. The zero-order valence-electron chi connectivity index (χ0n) is 8.74. The third-order valence-electron chi connectivity index (χ3n) is 2.29. The van der Waals surface area contributed by atoms with Crippen LogP contribution in [0.4, 0.5) is 5.69 Å². The van der Waals surface area contributed by atoms with Crippen LogP contribution in [0.3, 0.4) is 0 Å². The maximum atomic E-state index is 11.3. The van der Waals surface area contributed by atoms with Crippen LogP contribution in [0, 0.1) is 0 Å². The Balaban J connectivity index is 2.30. The molecule has 3 nitrogen and oxygen atoms in total. The molecule has 0 fully saturated rings. The second-order valence-electron chi connectivity index (χ2n) is 3.56. The van der Waals surface area contributed by atoms with Gasteiger partial charge >= 0.3 is 5.97 Å². The predicted octanol–water partition coefficient (Wildman–Crippen LogP) is 2.38. The molecule has 0 saturated carbocycles. The van der Waals surface area contributed by atoms with Crippen molar-refractivity contribution >= 4 is 23.4 Å². The monoisotopic (exact) mass is 223 g/mol. The van der Waals surface area contributed by atoms with E-state index in [9.17, 15) is 4.79 Å². The highest BCUT2D eigenvalue weighted by molar-refractivity contribution is 7.99. The number of thioether (sulfide) groups is 1. The van der Waals surface area contributed by atoms with Gasteiger partial charge in [0.05, 0.1) is 12.7 Å². The smallest absolute Gasteiger partial charge is 0.337 e. The number of benzene rings is 1. The maximum Gasteiger partial charge on any atom is 0.337 e. The van der Waals surface area contributed by atoms with Crippen LogP contribution in [0.1, 0.15) is 17.3 Å². The molecule has 0 radical (unpaired) electrons. The number of carbonyl (C=O) groups excluding carboxylic acids is 1. The number of hydrogen-bond donors (Lipinski definition) is 1. The summed E-state index contributed by atoms with van der Waals surface area (Å²) in [6.45, 7) is 2.14. The third-order valence-corrected chi connectivity index (χ3v) is 3.61. The van der Waals surface area contributed by atoms with Crippen molar-refractivity contribution in [3.63, 3.8) is 0 Å². The molecule has 0 amide bonds. The summed E-state index contributed by atoms with van der Waals surface area (Å²) in [7, 11) is 1.40. The molecule has 2 rings (SSSR count). The minimum Gasteiger partial charge on any atom is -0.465 e. The van der Waals surface area contributed by atoms with E-state index >= 15 is 0 Å². The summed E-state index contributed by atoms with van der Waals surface area (Å²) in [5, 5.41) is 3.37. The second kappa shape index (κ2) is 4.14. The lowest BCUT2D eigenvalue weighted by atomic mass is 10.2. The summed E-state index contributed by atoms with van der Waals surface area (Å²) in [5.74, 6) is 0.745. The van der Waals surface area contributed by atoms with E-state index in [1.165, 1.54) is 7.11 Å². The number of hydrogen-bond acceptors (Lipinski definition) is 4. The average molecular weight is 223 g/mol. The molecule has 1 atom stereocenters. The molecule has 15 heavy (non-hydrogen) atoms. The summed E-state index contributed by atoms with van der Waals surface area (Å²) in [5.41, 5.74) is 1.71. The first kappa shape index (κ1) is 10.4. The Kier molecular flexibility index (Phi) is 2.86. The highest BCUT2D eigenvalue weighted by Crippen LogP contribution is 2.33. The van der Waals surface area contributed by atoms with Crippen LogP contribution < -0.4 is 5.32 Å². The fourth-order valence-electron chi connectivity index (χ4n) is 1.53. The van der Waals surface area contributed by atoms with E-state index in [1.807, 2.05) is 12.1 Å². The van der Waals surface area contributed by atoms with Crippen LogP contribution in [-0.4, -0.2) is 24.9 Å². The normalized spacial score (nSPS) is 18.9. The quantitative estimate of drug-likeness (QED) is 0.742. The number of ether oxygens (including phenoxy) is 1. The van der Waals surface area contributed by atoms with Crippen molar-refractivity contribution in [3.05, 3.63) is 23.8 Å². The summed E-state index contributed by atoms with van der Waals surface area (Å²) in [6.07, 6.45) is 0. The minimum absolute atomic E-state index is 0.281. The first-order chi connectivity index (χ1) is 7.20. The zero-order chi connectivity index (χ0) is 10.8. The van der Waals surface area contributed by atoms with Gasteiger partial charge in [0, 0.05) is 22.4 Å². The Labute approximate surface area is 93.2 Å². The Hall–Kier alpha value is -1.16. The molecule has 1 aliphatic heterocycles.